The van der Waals surface area contributed by atoms with Gasteiger partial charge in [-0.25, -0.2) is 0 Å². The molecule has 0 spiro atoms. The van der Waals surface area contributed by atoms with E-state index >= 15 is 0 Å². The Balaban J connectivity index is 1.74. The number of rotatable bonds is 9. The standard InChI is InChI=1S/C26H48N2O6/c1-23(2)15-19(16-24(3,4)27(23)31-9)33-21(29)13-11-12-14-22(30)34-20-17-25(5,6)28(32-10)26(7,8)18-20/h19-20H,11-18H2,1-10H3. The number of piperidine rings is 2. The van der Waals surface area contributed by atoms with E-state index in [2.05, 4.69) is 55.4 Å². The van der Waals surface area contributed by atoms with Gasteiger partial charge in [-0.15, -0.1) is 0 Å². The van der Waals surface area contributed by atoms with Gasteiger partial charge in [-0.05, 0) is 68.2 Å². The van der Waals surface area contributed by atoms with Crippen molar-refractivity contribution in [3.63, 3.8) is 0 Å². The van der Waals surface area contributed by atoms with Crippen LogP contribution in [0.3, 0.4) is 0 Å². The van der Waals surface area contributed by atoms with Crippen LogP contribution in [-0.4, -0.2) is 70.6 Å². The zero-order valence-electron chi connectivity index (χ0n) is 23.2. The van der Waals surface area contributed by atoms with E-state index in [4.69, 9.17) is 19.1 Å². The summed E-state index contributed by atoms with van der Waals surface area (Å²) in [5, 5.41) is 3.99. The minimum Gasteiger partial charge on any atom is -0.462 e. The predicted octanol–water partition coefficient (Wildman–Crippen LogP) is 4.80. The second-order valence-corrected chi connectivity index (χ2v) is 12.5. The molecule has 0 N–H and O–H groups in total. The summed E-state index contributed by atoms with van der Waals surface area (Å²) in [5.41, 5.74) is -0.914. The smallest absolute Gasteiger partial charge is 0.306 e. The van der Waals surface area contributed by atoms with Crippen molar-refractivity contribution in [1.82, 2.24) is 10.1 Å². The molecule has 2 rings (SSSR count). The van der Waals surface area contributed by atoms with E-state index in [0.717, 1.165) is 25.7 Å². The van der Waals surface area contributed by atoms with Gasteiger partial charge in [-0.1, -0.05) is 0 Å². The molecule has 2 saturated heterocycles. The van der Waals surface area contributed by atoms with E-state index in [1.165, 1.54) is 0 Å². The van der Waals surface area contributed by atoms with Gasteiger partial charge in [0, 0.05) is 60.7 Å². The molecule has 8 heteroatoms. The number of ether oxygens (including phenoxy) is 2. The van der Waals surface area contributed by atoms with E-state index in [1.54, 1.807) is 14.2 Å². The molecule has 0 aromatic heterocycles. The number of hydrogen-bond acceptors (Lipinski definition) is 8. The van der Waals surface area contributed by atoms with Crippen LogP contribution in [0.15, 0.2) is 0 Å². The Hall–Kier alpha value is -1.22. The average Bonchev–Trinajstić information content (AvgIpc) is 2.61. The SMILES string of the molecule is CON1C(C)(C)CC(OC(=O)CCCCC(=O)OC2CC(C)(C)N(OC)C(C)(C)C2)CC1(C)C. The lowest BCUT2D eigenvalue weighted by molar-refractivity contribution is -0.278. The first-order valence-corrected chi connectivity index (χ1v) is 12.6. The first kappa shape index (κ1) is 29.0. The van der Waals surface area contributed by atoms with Crippen molar-refractivity contribution in [1.29, 1.82) is 0 Å². The van der Waals surface area contributed by atoms with Crippen LogP contribution in [0.2, 0.25) is 0 Å². The van der Waals surface area contributed by atoms with Crippen molar-refractivity contribution in [3.8, 4) is 0 Å². The van der Waals surface area contributed by atoms with E-state index < -0.39 is 0 Å². The average molecular weight is 485 g/mol. The normalized spacial score (nSPS) is 25.1. The Labute approximate surface area is 206 Å². The van der Waals surface area contributed by atoms with Gasteiger partial charge in [-0.3, -0.25) is 9.59 Å². The van der Waals surface area contributed by atoms with E-state index in [1.807, 2.05) is 10.1 Å². The third-order valence-electron chi connectivity index (χ3n) is 7.08. The summed E-state index contributed by atoms with van der Waals surface area (Å²) in [6.07, 6.45) is 4.43. The second-order valence-electron chi connectivity index (χ2n) is 12.5. The number of hydrogen-bond donors (Lipinski definition) is 0. The predicted molar refractivity (Wildman–Crippen MR) is 131 cm³/mol. The summed E-state index contributed by atoms with van der Waals surface area (Å²) in [4.78, 5) is 36.1. The molecule has 0 amide bonds. The molecular weight excluding hydrogens is 436 g/mol. The fraction of sp³-hybridized carbons (Fsp3) is 0.923. The van der Waals surface area contributed by atoms with Crippen molar-refractivity contribution in [2.75, 3.05) is 14.2 Å². The van der Waals surface area contributed by atoms with Crippen molar-refractivity contribution >= 4 is 11.9 Å². The maximum absolute atomic E-state index is 12.4. The first-order chi connectivity index (χ1) is 15.5. The van der Waals surface area contributed by atoms with Gasteiger partial charge in [0.05, 0.1) is 14.2 Å². The van der Waals surface area contributed by atoms with Crippen LogP contribution in [0.25, 0.3) is 0 Å². The largest absolute Gasteiger partial charge is 0.462 e. The molecule has 8 nitrogen and oxygen atoms in total. The third-order valence-corrected chi connectivity index (χ3v) is 7.08. The van der Waals surface area contributed by atoms with Crippen LogP contribution in [0.4, 0.5) is 0 Å². The van der Waals surface area contributed by atoms with E-state index in [0.29, 0.717) is 25.7 Å². The molecule has 2 heterocycles. The van der Waals surface area contributed by atoms with Crippen molar-refractivity contribution in [3.05, 3.63) is 0 Å². The van der Waals surface area contributed by atoms with Crippen LogP contribution in [0.5, 0.6) is 0 Å². The molecule has 0 atom stereocenters. The fourth-order valence-electron chi connectivity index (χ4n) is 6.53. The number of esters is 2. The van der Waals surface area contributed by atoms with Crippen LogP contribution in [-0.2, 0) is 28.7 Å². The highest BCUT2D eigenvalue weighted by Gasteiger charge is 2.48. The summed E-state index contributed by atoms with van der Waals surface area (Å²) in [7, 11) is 3.37. The molecule has 0 aliphatic carbocycles. The molecule has 0 radical (unpaired) electrons. The number of carbonyl (C=O) groups excluding carboxylic acids is 2. The molecule has 2 aliphatic rings. The number of unbranched alkanes of at least 4 members (excludes halogenated alkanes) is 1. The van der Waals surface area contributed by atoms with Crippen molar-refractivity contribution in [2.24, 2.45) is 0 Å². The lowest BCUT2D eigenvalue weighted by Gasteiger charge is -2.52. The number of hydroxylamine groups is 4. The Morgan fingerprint density at radius 3 is 1.12 bits per heavy atom. The summed E-state index contributed by atoms with van der Waals surface area (Å²) < 4.78 is 11.6. The van der Waals surface area contributed by atoms with Gasteiger partial charge in [-0.2, -0.15) is 10.1 Å². The summed E-state index contributed by atoms with van der Waals surface area (Å²) in [6, 6.07) is 0. The fourth-order valence-corrected chi connectivity index (χ4v) is 6.53. The molecule has 0 aromatic carbocycles. The number of carbonyl (C=O) groups is 2. The summed E-state index contributed by atoms with van der Waals surface area (Å²) >= 11 is 0. The molecule has 0 bridgehead atoms. The quantitative estimate of drug-likeness (QED) is 0.341. The van der Waals surface area contributed by atoms with Crippen LogP contribution >= 0.6 is 0 Å². The molecule has 2 fully saturated rings. The highest BCUT2D eigenvalue weighted by atomic mass is 16.7. The van der Waals surface area contributed by atoms with Gasteiger partial charge < -0.3 is 19.1 Å². The minimum absolute atomic E-state index is 0.140. The Bertz CT molecular complexity index is 622. The van der Waals surface area contributed by atoms with Gasteiger partial charge in [0.2, 0.25) is 0 Å². The molecule has 0 saturated carbocycles. The monoisotopic (exact) mass is 484 g/mol. The van der Waals surface area contributed by atoms with Gasteiger partial charge in [0.25, 0.3) is 0 Å². The van der Waals surface area contributed by atoms with Crippen LogP contribution in [0, 0.1) is 0 Å². The van der Waals surface area contributed by atoms with Crippen LogP contribution < -0.4 is 0 Å². The first-order valence-electron chi connectivity index (χ1n) is 12.6. The molecule has 2 aliphatic heterocycles. The third kappa shape index (κ3) is 7.15. The molecule has 198 valence electrons. The minimum atomic E-state index is -0.228. The van der Waals surface area contributed by atoms with E-state index in [9.17, 15) is 9.59 Å². The molecule has 34 heavy (non-hydrogen) atoms. The van der Waals surface area contributed by atoms with Gasteiger partial charge in [0.1, 0.15) is 12.2 Å². The zero-order chi connectivity index (χ0) is 25.9. The van der Waals surface area contributed by atoms with E-state index in [-0.39, 0.29) is 46.3 Å². The lowest BCUT2D eigenvalue weighted by Crippen LogP contribution is -2.61. The number of nitrogens with zero attached hydrogens (tertiary/aromatic N) is 2. The summed E-state index contributed by atoms with van der Waals surface area (Å²) in [6.45, 7) is 16.8. The maximum Gasteiger partial charge on any atom is 0.306 e. The van der Waals surface area contributed by atoms with Crippen molar-refractivity contribution in [2.45, 2.75) is 141 Å². The molecular formula is C26H48N2O6. The lowest BCUT2D eigenvalue weighted by atomic mass is 9.80. The Morgan fingerprint density at radius 2 is 0.882 bits per heavy atom. The zero-order valence-corrected chi connectivity index (χ0v) is 23.2. The highest BCUT2D eigenvalue weighted by Crippen LogP contribution is 2.40. The van der Waals surface area contributed by atoms with Gasteiger partial charge >= 0.3 is 11.9 Å². The van der Waals surface area contributed by atoms with Crippen molar-refractivity contribution < 1.29 is 28.7 Å². The molecule has 0 unspecified atom stereocenters. The topological polar surface area (TPSA) is 77.5 Å². The Morgan fingerprint density at radius 1 is 0.618 bits per heavy atom. The maximum atomic E-state index is 12.4. The summed E-state index contributed by atoms with van der Waals surface area (Å²) in [5.74, 6) is -0.405. The molecule has 0 aromatic rings. The Kier molecular flexibility index (Phi) is 9.22. The van der Waals surface area contributed by atoms with Gasteiger partial charge in [0.15, 0.2) is 0 Å². The van der Waals surface area contributed by atoms with Crippen LogP contribution in [0.1, 0.15) is 107 Å². The second kappa shape index (κ2) is 10.8. The highest BCUT2D eigenvalue weighted by molar-refractivity contribution is 5.71.